The minimum atomic E-state index is -0.366. The smallest absolute Gasteiger partial charge is 0.245 e. The number of carbonyl (C=O) groups excluding carboxylic acids is 3. The van der Waals surface area contributed by atoms with Crippen molar-refractivity contribution in [3.05, 3.63) is 21.3 Å². The summed E-state index contributed by atoms with van der Waals surface area (Å²) in [4.78, 5) is 42.0. The van der Waals surface area contributed by atoms with E-state index in [4.69, 9.17) is 11.6 Å². The van der Waals surface area contributed by atoms with E-state index in [0.29, 0.717) is 35.0 Å². The number of likely N-dealkylation sites (N-methyl/N-ethyl adjacent to an activating group) is 2. The summed E-state index contributed by atoms with van der Waals surface area (Å²) in [6.45, 7) is 0.684. The first-order valence-electron chi connectivity index (χ1n) is 9.60. The third-order valence-electron chi connectivity index (χ3n) is 6.08. The molecule has 2 aliphatic rings. The summed E-state index contributed by atoms with van der Waals surface area (Å²) >= 11 is 7.28. The Morgan fingerprint density at radius 1 is 1.26 bits per heavy atom. The van der Waals surface area contributed by atoms with Crippen molar-refractivity contribution < 1.29 is 14.4 Å². The predicted molar refractivity (Wildman–Crippen MR) is 107 cm³/mol. The number of Topliss-reactive ketones (excluding diaryl/α,β-unsaturated/α-hetero) is 1. The second-order valence-corrected chi connectivity index (χ2v) is 9.73. The van der Waals surface area contributed by atoms with Crippen molar-refractivity contribution in [2.75, 3.05) is 20.6 Å². The van der Waals surface area contributed by atoms with Gasteiger partial charge >= 0.3 is 0 Å². The number of ketones is 1. The second-order valence-electron chi connectivity index (χ2n) is 8.01. The maximum atomic E-state index is 13.0. The van der Waals surface area contributed by atoms with Crippen molar-refractivity contribution in [1.82, 2.24) is 9.80 Å². The van der Waals surface area contributed by atoms with E-state index in [1.165, 1.54) is 11.3 Å². The first-order valence-corrected chi connectivity index (χ1v) is 10.8. The lowest BCUT2D eigenvalue weighted by Gasteiger charge is -2.38. The van der Waals surface area contributed by atoms with Gasteiger partial charge in [0.2, 0.25) is 11.8 Å². The minimum Gasteiger partial charge on any atom is -0.344 e. The maximum Gasteiger partial charge on any atom is 0.245 e. The van der Waals surface area contributed by atoms with E-state index in [2.05, 4.69) is 0 Å². The van der Waals surface area contributed by atoms with Crippen molar-refractivity contribution in [1.29, 1.82) is 0 Å². The Bertz CT molecular complexity index is 727. The van der Waals surface area contributed by atoms with E-state index in [-0.39, 0.29) is 29.1 Å². The van der Waals surface area contributed by atoms with Crippen LogP contribution in [0.25, 0.3) is 0 Å². The van der Waals surface area contributed by atoms with Gasteiger partial charge in [0, 0.05) is 33.5 Å². The Balaban J connectivity index is 1.71. The third-order valence-corrected chi connectivity index (χ3v) is 7.36. The number of carbonyl (C=O) groups is 3. The van der Waals surface area contributed by atoms with Crippen molar-refractivity contribution in [3.63, 3.8) is 0 Å². The number of amides is 2. The Kier molecular flexibility index (Phi) is 6.26. The molecule has 1 aliphatic carbocycles. The standard InChI is InChI=1S/C20H27ClN2O3S/c1-22-11-8-14(19(22)26)23(2)18(25)13-20(9-4-3-5-10-20)12-15(24)16-6-7-17(21)27-16/h6-7,14H,3-5,8-13H2,1-2H3/t14-/m0/s1. The molecular weight excluding hydrogens is 384 g/mol. The average Bonchev–Trinajstić information content (AvgIpc) is 3.21. The summed E-state index contributed by atoms with van der Waals surface area (Å²) in [5.74, 6) is 0.0522. The summed E-state index contributed by atoms with van der Waals surface area (Å²) in [5.41, 5.74) is -0.301. The Labute approximate surface area is 169 Å². The lowest BCUT2D eigenvalue weighted by Crippen LogP contribution is -2.44. The normalized spacial score (nSPS) is 22.1. The highest BCUT2D eigenvalue weighted by Crippen LogP contribution is 2.44. The van der Waals surface area contributed by atoms with Crippen LogP contribution in [0.3, 0.4) is 0 Å². The molecule has 1 aliphatic heterocycles. The van der Waals surface area contributed by atoms with E-state index in [1.54, 1.807) is 36.0 Å². The molecule has 1 aromatic heterocycles. The van der Waals surface area contributed by atoms with Crippen LogP contribution in [-0.4, -0.2) is 54.1 Å². The summed E-state index contributed by atoms with van der Waals surface area (Å²) < 4.78 is 0.607. The molecule has 0 radical (unpaired) electrons. The molecule has 148 valence electrons. The minimum absolute atomic E-state index is 0.00727. The van der Waals surface area contributed by atoms with E-state index in [1.807, 2.05) is 0 Å². The van der Waals surface area contributed by atoms with Crippen LogP contribution in [0.15, 0.2) is 12.1 Å². The lowest BCUT2D eigenvalue weighted by molar-refractivity contribution is -0.142. The molecule has 0 unspecified atom stereocenters. The SMILES string of the molecule is CN1CC[C@H](N(C)C(=O)CC2(CC(=O)c3ccc(Cl)s3)CCCCC2)C1=O. The number of likely N-dealkylation sites (tertiary alicyclic amines) is 1. The first-order chi connectivity index (χ1) is 12.8. The molecule has 3 rings (SSSR count). The van der Waals surface area contributed by atoms with Crippen molar-refractivity contribution in [2.45, 2.75) is 57.4 Å². The van der Waals surface area contributed by atoms with Gasteiger partial charge < -0.3 is 9.80 Å². The van der Waals surface area contributed by atoms with Crippen LogP contribution in [0.4, 0.5) is 0 Å². The third kappa shape index (κ3) is 4.54. The number of nitrogens with zero attached hydrogens (tertiary/aromatic N) is 2. The molecule has 0 N–H and O–H groups in total. The molecule has 5 nitrogen and oxygen atoms in total. The highest BCUT2D eigenvalue weighted by atomic mass is 35.5. The molecule has 0 aromatic carbocycles. The highest BCUT2D eigenvalue weighted by molar-refractivity contribution is 7.18. The van der Waals surface area contributed by atoms with Gasteiger partial charge in [-0.3, -0.25) is 14.4 Å². The van der Waals surface area contributed by atoms with Gasteiger partial charge in [0.1, 0.15) is 6.04 Å². The Morgan fingerprint density at radius 2 is 1.96 bits per heavy atom. The molecule has 1 saturated carbocycles. The number of rotatable bonds is 6. The highest BCUT2D eigenvalue weighted by Gasteiger charge is 2.40. The summed E-state index contributed by atoms with van der Waals surface area (Å²) in [5, 5.41) is 0. The van der Waals surface area contributed by atoms with Gasteiger partial charge in [-0.15, -0.1) is 11.3 Å². The van der Waals surface area contributed by atoms with Gasteiger partial charge in [-0.1, -0.05) is 30.9 Å². The monoisotopic (exact) mass is 410 g/mol. The number of hydrogen-bond donors (Lipinski definition) is 0. The van der Waals surface area contributed by atoms with Gasteiger partial charge in [0.25, 0.3) is 0 Å². The molecule has 27 heavy (non-hydrogen) atoms. The molecule has 2 heterocycles. The number of thiophene rings is 1. The fraction of sp³-hybridized carbons (Fsp3) is 0.650. The zero-order chi connectivity index (χ0) is 19.6. The fourth-order valence-corrected chi connectivity index (χ4v) is 5.37. The molecule has 2 amide bonds. The molecule has 1 atom stereocenters. The zero-order valence-corrected chi connectivity index (χ0v) is 17.6. The molecule has 2 fully saturated rings. The molecular formula is C20H27ClN2O3S. The Morgan fingerprint density at radius 3 is 2.52 bits per heavy atom. The first kappa shape index (κ1) is 20.3. The van der Waals surface area contributed by atoms with Crippen LogP contribution >= 0.6 is 22.9 Å². The predicted octanol–water partition coefficient (Wildman–Crippen LogP) is 4.00. The van der Waals surface area contributed by atoms with Crippen LogP contribution in [0.1, 0.15) is 61.0 Å². The summed E-state index contributed by atoms with van der Waals surface area (Å²) in [7, 11) is 3.50. The topological polar surface area (TPSA) is 57.7 Å². The van der Waals surface area contributed by atoms with Gasteiger partial charge in [-0.25, -0.2) is 0 Å². The van der Waals surface area contributed by atoms with Crippen LogP contribution in [0.2, 0.25) is 4.34 Å². The maximum absolute atomic E-state index is 13.0. The lowest BCUT2D eigenvalue weighted by atomic mass is 9.68. The van der Waals surface area contributed by atoms with Gasteiger partial charge in [-0.2, -0.15) is 0 Å². The molecule has 7 heteroatoms. The van der Waals surface area contributed by atoms with Gasteiger partial charge in [0.05, 0.1) is 9.21 Å². The van der Waals surface area contributed by atoms with E-state index >= 15 is 0 Å². The molecule has 1 aromatic rings. The second kappa shape index (κ2) is 8.31. The Hall–Kier alpha value is -1.40. The van der Waals surface area contributed by atoms with Crippen LogP contribution < -0.4 is 0 Å². The number of halogens is 1. The summed E-state index contributed by atoms with van der Waals surface area (Å²) in [6.07, 6.45) is 6.39. The van der Waals surface area contributed by atoms with Crippen molar-refractivity contribution >= 4 is 40.5 Å². The fourth-order valence-electron chi connectivity index (χ4n) is 4.39. The van der Waals surface area contributed by atoms with Crippen molar-refractivity contribution in [2.24, 2.45) is 5.41 Å². The molecule has 0 spiro atoms. The van der Waals surface area contributed by atoms with Gasteiger partial charge in [0.15, 0.2) is 5.78 Å². The van der Waals surface area contributed by atoms with Gasteiger partial charge in [-0.05, 0) is 36.8 Å². The van der Waals surface area contributed by atoms with E-state index in [0.717, 1.165) is 32.1 Å². The molecule has 1 saturated heterocycles. The largest absolute Gasteiger partial charge is 0.344 e. The van der Waals surface area contributed by atoms with E-state index in [9.17, 15) is 14.4 Å². The average molecular weight is 411 g/mol. The quantitative estimate of drug-likeness (QED) is 0.666. The summed E-state index contributed by atoms with van der Waals surface area (Å²) in [6, 6.07) is 3.15. The molecule has 0 bridgehead atoms. The van der Waals surface area contributed by atoms with Crippen LogP contribution in [0.5, 0.6) is 0 Å². The zero-order valence-electron chi connectivity index (χ0n) is 16.0. The number of hydrogen-bond acceptors (Lipinski definition) is 4. The van der Waals surface area contributed by atoms with E-state index < -0.39 is 0 Å². The van der Waals surface area contributed by atoms with Crippen LogP contribution in [-0.2, 0) is 9.59 Å². The van der Waals surface area contributed by atoms with Crippen LogP contribution in [0, 0.1) is 5.41 Å². The van der Waals surface area contributed by atoms with Crippen molar-refractivity contribution in [3.8, 4) is 0 Å².